The fourth-order valence-electron chi connectivity index (χ4n) is 3.56. The summed E-state index contributed by atoms with van der Waals surface area (Å²) in [5, 5.41) is 24.7. The van der Waals surface area contributed by atoms with Crippen molar-refractivity contribution >= 4 is 66.3 Å². The van der Waals surface area contributed by atoms with Crippen LogP contribution in [0.15, 0.2) is 72.7 Å². The highest BCUT2D eigenvalue weighted by atomic mass is 32.2. The van der Waals surface area contributed by atoms with Crippen LogP contribution in [0.3, 0.4) is 0 Å². The van der Waals surface area contributed by atoms with Crippen molar-refractivity contribution in [3.05, 3.63) is 59.2 Å². The number of aliphatic hydroxyl groups excluding tert-OH is 1. The van der Waals surface area contributed by atoms with Crippen LogP contribution in [0.25, 0.3) is 0 Å². The van der Waals surface area contributed by atoms with Gasteiger partial charge in [0.25, 0.3) is 10.1 Å². The smallest absolute Gasteiger partial charge is 0.340 e. The van der Waals surface area contributed by atoms with Crippen LogP contribution < -0.4 is 11.5 Å². The number of hydrogen-bond donors (Lipinski definition) is 4. The summed E-state index contributed by atoms with van der Waals surface area (Å²) in [5.41, 5.74) is 10.3. The van der Waals surface area contributed by atoms with Crippen molar-refractivity contribution in [2.45, 2.75) is 16.7 Å². The first-order valence-corrected chi connectivity index (χ1v) is 14.5. The van der Waals surface area contributed by atoms with E-state index in [4.69, 9.17) is 21.3 Å². The highest BCUT2D eigenvalue weighted by Gasteiger charge is 2.23. The summed E-state index contributed by atoms with van der Waals surface area (Å²) < 4.78 is 63.3. The lowest BCUT2D eigenvalue weighted by atomic mass is 10.1. The van der Waals surface area contributed by atoms with Gasteiger partial charge in [0.15, 0.2) is 16.1 Å². The topological polar surface area (TPSA) is 254 Å². The lowest BCUT2D eigenvalue weighted by Gasteiger charge is -2.11. The van der Waals surface area contributed by atoms with Crippen molar-refractivity contribution in [1.29, 1.82) is 0 Å². The molecule has 0 spiro atoms. The van der Waals surface area contributed by atoms with Crippen molar-refractivity contribution in [2.75, 3.05) is 30.9 Å². The molecule has 0 aliphatic heterocycles. The average molecular weight is 605 g/mol. The maximum Gasteiger partial charge on any atom is 0.340 e. The minimum absolute atomic E-state index is 0.0453. The number of aliphatic hydroxyl groups is 1. The molecule has 0 aliphatic rings. The van der Waals surface area contributed by atoms with E-state index >= 15 is 0 Å². The summed E-state index contributed by atoms with van der Waals surface area (Å²) in [4.78, 5) is 22.7. The van der Waals surface area contributed by atoms with E-state index in [0.29, 0.717) is 6.29 Å². The number of azo groups is 2. The fraction of sp³-hybridized carbons (Fsp3) is 0.167. The number of anilines is 2. The summed E-state index contributed by atoms with van der Waals surface area (Å²) in [6, 6.07) is 9.10. The van der Waals surface area contributed by atoms with E-state index in [-0.39, 0.29) is 44.3 Å². The zero-order chi connectivity index (χ0) is 30.5. The number of carbonyl (C=O) groups excluding carboxylic acids is 2. The molecule has 0 aliphatic carbocycles. The van der Waals surface area contributed by atoms with E-state index in [1.807, 2.05) is 0 Å². The summed E-state index contributed by atoms with van der Waals surface area (Å²) >= 11 is 0. The highest BCUT2D eigenvalue weighted by molar-refractivity contribution is 7.91. The second-order valence-corrected chi connectivity index (χ2v) is 11.8. The summed E-state index contributed by atoms with van der Waals surface area (Å²) in [7, 11) is -7.67. The van der Waals surface area contributed by atoms with Crippen molar-refractivity contribution in [3.8, 4) is 0 Å². The number of nitrogen functional groups attached to an aromatic ring is 2. The monoisotopic (exact) mass is 604 g/mol. The molecule has 0 atom stereocenters. The third-order valence-corrected chi connectivity index (χ3v) is 8.30. The molecule has 0 aromatic heterocycles. The first-order valence-electron chi connectivity index (χ1n) is 11.4. The van der Waals surface area contributed by atoms with E-state index in [1.54, 1.807) is 12.1 Å². The van der Waals surface area contributed by atoms with Crippen LogP contribution in [0.5, 0.6) is 0 Å². The molecule has 0 saturated carbocycles. The Labute approximate surface area is 234 Å². The first kappa shape index (κ1) is 31.0. The van der Waals surface area contributed by atoms with Gasteiger partial charge >= 0.3 is 5.97 Å². The van der Waals surface area contributed by atoms with Gasteiger partial charge in [-0.25, -0.2) is 13.2 Å². The molecule has 17 heteroatoms. The van der Waals surface area contributed by atoms with Gasteiger partial charge in [-0.2, -0.15) is 8.42 Å². The molecule has 3 aromatic carbocycles. The molecule has 6 N–H and O–H groups in total. The van der Waals surface area contributed by atoms with E-state index < -0.39 is 54.6 Å². The molecule has 0 unspecified atom stereocenters. The standard InChI is InChI=1S/C24H24N6O9S2/c1-13-9-17(14(12-32)10-19(13)40(34,35)8-7-31)28-30-23-21(25)18(11-20(22(23)26)41(36,37)38)29-27-16-6-4-3-5-15(16)24(33)39-2/h3-6,9-12,31H,7-8,25-26H2,1-2H3,(H,36,37,38)/b29-27+,30-28+. The normalized spacial score (nSPS) is 12.2. The molecule has 0 heterocycles. The molecule has 3 rings (SSSR count). The Balaban J connectivity index is 2.18. The Kier molecular flexibility index (Phi) is 9.28. The highest BCUT2D eigenvalue weighted by Crippen LogP contribution is 2.43. The molecule has 0 radical (unpaired) electrons. The van der Waals surface area contributed by atoms with Crippen molar-refractivity contribution in [3.63, 3.8) is 0 Å². The van der Waals surface area contributed by atoms with Crippen molar-refractivity contribution in [2.24, 2.45) is 20.5 Å². The number of methoxy groups -OCH3 is 1. The van der Waals surface area contributed by atoms with E-state index in [0.717, 1.165) is 12.1 Å². The lowest BCUT2D eigenvalue weighted by molar-refractivity contribution is 0.0601. The summed E-state index contributed by atoms with van der Waals surface area (Å²) in [6.07, 6.45) is 0.325. The molecule has 15 nitrogen and oxygen atoms in total. The Hall–Kier alpha value is -4.58. The Morgan fingerprint density at radius 3 is 2.17 bits per heavy atom. The van der Waals surface area contributed by atoms with Gasteiger partial charge in [-0.05, 0) is 42.8 Å². The third kappa shape index (κ3) is 6.77. The quantitative estimate of drug-likeness (QED) is 0.0854. The van der Waals surface area contributed by atoms with Gasteiger partial charge in [-0.3, -0.25) is 9.35 Å². The zero-order valence-electron chi connectivity index (χ0n) is 21.5. The summed E-state index contributed by atoms with van der Waals surface area (Å²) in [6.45, 7) is 0.806. The minimum Gasteiger partial charge on any atom is -0.465 e. The van der Waals surface area contributed by atoms with Crippen LogP contribution >= 0.6 is 0 Å². The van der Waals surface area contributed by atoms with Crippen molar-refractivity contribution < 1.29 is 40.8 Å². The minimum atomic E-state index is -4.94. The lowest BCUT2D eigenvalue weighted by Crippen LogP contribution is -2.12. The van der Waals surface area contributed by atoms with Crippen LogP contribution in [-0.2, 0) is 24.7 Å². The van der Waals surface area contributed by atoms with Gasteiger partial charge in [0.05, 0.1) is 47.0 Å². The first-order chi connectivity index (χ1) is 19.2. The maximum absolute atomic E-state index is 12.4. The fourth-order valence-corrected chi connectivity index (χ4v) is 5.51. The molecule has 3 aromatic rings. The number of ether oxygens (including phenoxy) is 1. The number of esters is 1. The number of aldehydes is 1. The molecule has 0 fully saturated rings. The number of sulfone groups is 1. The number of hydrogen-bond acceptors (Lipinski definition) is 14. The van der Waals surface area contributed by atoms with Gasteiger partial charge in [0.1, 0.15) is 22.0 Å². The number of rotatable bonds is 10. The summed E-state index contributed by atoms with van der Waals surface area (Å²) in [5.74, 6) is -1.28. The second kappa shape index (κ2) is 12.3. The molecule has 41 heavy (non-hydrogen) atoms. The van der Waals surface area contributed by atoms with Gasteiger partial charge in [0.2, 0.25) is 0 Å². The van der Waals surface area contributed by atoms with Crippen LogP contribution in [0.1, 0.15) is 26.3 Å². The molecular weight excluding hydrogens is 580 g/mol. The van der Waals surface area contributed by atoms with E-state index in [2.05, 4.69) is 20.5 Å². The van der Waals surface area contributed by atoms with Crippen LogP contribution in [0, 0.1) is 6.92 Å². The molecule has 216 valence electrons. The molecule has 0 amide bonds. The van der Waals surface area contributed by atoms with Gasteiger partial charge in [-0.15, -0.1) is 20.5 Å². The maximum atomic E-state index is 12.4. The predicted molar refractivity (Wildman–Crippen MR) is 147 cm³/mol. The van der Waals surface area contributed by atoms with E-state index in [1.165, 1.54) is 32.2 Å². The Morgan fingerprint density at radius 2 is 1.56 bits per heavy atom. The van der Waals surface area contributed by atoms with Crippen molar-refractivity contribution in [1.82, 2.24) is 0 Å². The van der Waals surface area contributed by atoms with Gasteiger partial charge in [-0.1, -0.05) is 12.1 Å². The Bertz CT molecular complexity index is 1800. The van der Waals surface area contributed by atoms with Crippen LogP contribution in [0.4, 0.5) is 34.1 Å². The SMILES string of the molecule is COC(=O)c1ccccc1/N=N/c1cc(S(=O)(=O)O)c(N)c(/N=N/c2cc(C)c(S(=O)(=O)CCO)cc2C=O)c1N. The number of benzene rings is 3. The van der Waals surface area contributed by atoms with Gasteiger partial charge in [0, 0.05) is 5.56 Å². The van der Waals surface area contributed by atoms with Crippen LogP contribution in [-0.4, -0.2) is 58.2 Å². The number of aryl methyl sites for hydroxylation is 1. The number of carbonyl (C=O) groups is 2. The molecule has 0 saturated heterocycles. The van der Waals surface area contributed by atoms with E-state index in [9.17, 15) is 31.0 Å². The average Bonchev–Trinajstić information content (AvgIpc) is 2.91. The third-order valence-electron chi connectivity index (χ3n) is 5.58. The zero-order valence-corrected chi connectivity index (χ0v) is 23.2. The number of nitrogens with two attached hydrogens (primary N) is 2. The van der Waals surface area contributed by atoms with Crippen LogP contribution in [0.2, 0.25) is 0 Å². The number of nitrogens with zero attached hydrogens (tertiary/aromatic N) is 4. The Morgan fingerprint density at radius 1 is 0.927 bits per heavy atom. The van der Waals surface area contributed by atoms with Gasteiger partial charge < -0.3 is 21.3 Å². The predicted octanol–water partition coefficient (Wildman–Crippen LogP) is 3.60. The second-order valence-electron chi connectivity index (χ2n) is 8.29. The molecular formula is C24H24N6O9S2. The largest absolute Gasteiger partial charge is 0.465 e. The molecule has 0 bridgehead atoms.